The topological polar surface area (TPSA) is 41.9 Å². The monoisotopic (exact) mass is 569 g/mol. The highest BCUT2D eigenvalue weighted by Crippen LogP contribution is 2.43. The summed E-state index contributed by atoms with van der Waals surface area (Å²) < 4.78 is 12.7. The molecule has 0 spiro atoms. The maximum atomic E-state index is 11.7. The van der Waals surface area contributed by atoms with Crippen molar-refractivity contribution in [1.82, 2.24) is 4.90 Å². The number of piperidine rings is 1. The van der Waals surface area contributed by atoms with Crippen LogP contribution in [0.5, 0.6) is 5.75 Å². The van der Waals surface area contributed by atoms with E-state index in [-0.39, 0.29) is 11.8 Å². The van der Waals surface area contributed by atoms with Crippen molar-refractivity contribution in [1.29, 1.82) is 0 Å². The Balaban J connectivity index is 1.40. The van der Waals surface area contributed by atoms with Crippen LogP contribution in [0, 0.1) is 5.92 Å². The van der Waals surface area contributed by atoms with Gasteiger partial charge in [-0.3, -0.25) is 4.90 Å². The largest absolute Gasteiger partial charge is 0.497 e. The van der Waals surface area contributed by atoms with Crippen molar-refractivity contribution in [3.05, 3.63) is 173 Å². The molecule has 1 N–H and O–H groups in total. The molecule has 0 aromatic heterocycles. The van der Waals surface area contributed by atoms with Gasteiger partial charge in [-0.05, 0) is 39.9 Å². The molecule has 0 bridgehead atoms. The van der Waals surface area contributed by atoms with Crippen molar-refractivity contribution in [2.75, 3.05) is 26.8 Å². The first kappa shape index (κ1) is 28.9. The number of nitrogens with zero attached hydrogens (tertiary/aromatic N) is 1. The first-order chi connectivity index (χ1) is 21.2. The number of ether oxygens (including phenoxy) is 2. The van der Waals surface area contributed by atoms with Gasteiger partial charge in [-0.1, -0.05) is 133 Å². The molecule has 6 rings (SSSR count). The lowest BCUT2D eigenvalue weighted by Gasteiger charge is -2.44. The van der Waals surface area contributed by atoms with Gasteiger partial charge in [0.1, 0.15) is 11.4 Å². The molecular formula is C39H39NO3. The van der Waals surface area contributed by atoms with Crippen molar-refractivity contribution in [2.24, 2.45) is 5.92 Å². The molecule has 0 aliphatic carbocycles. The molecule has 1 fully saturated rings. The number of β-amino-alcohol motifs (C(OH)–C–C–N with tert-alkyl or cyclic N) is 1. The van der Waals surface area contributed by atoms with E-state index in [1.54, 1.807) is 7.11 Å². The van der Waals surface area contributed by atoms with Gasteiger partial charge in [0.15, 0.2) is 0 Å². The van der Waals surface area contributed by atoms with Crippen LogP contribution in [0.4, 0.5) is 0 Å². The minimum absolute atomic E-state index is 0.0383. The molecule has 0 radical (unpaired) electrons. The zero-order valence-electron chi connectivity index (χ0n) is 24.6. The summed E-state index contributed by atoms with van der Waals surface area (Å²) in [5, 5.41) is 11.7. The number of aliphatic hydroxyl groups is 1. The lowest BCUT2D eigenvalue weighted by molar-refractivity contribution is -0.0570. The SMILES string of the molecule is COc1ccc([C@@H]2[C@@H](COC(c3ccccc3)(c3ccccc3)c3ccccc3)CN(Cc3ccccc3)C[C@H]2O)cc1. The van der Waals surface area contributed by atoms with Gasteiger partial charge in [0.25, 0.3) is 0 Å². The Morgan fingerprint density at radius 1 is 0.651 bits per heavy atom. The minimum atomic E-state index is -0.819. The average molecular weight is 570 g/mol. The van der Waals surface area contributed by atoms with Crippen molar-refractivity contribution < 1.29 is 14.6 Å². The maximum Gasteiger partial charge on any atom is 0.143 e. The molecule has 1 heterocycles. The predicted octanol–water partition coefficient (Wildman–Crippen LogP) is 7.28. The van der Waals surface area contributed by atoms with Gasteiger partial charge in [-0.2, -0.15) is 0 Å². The summed E-state index contributed by atoms with van der Waals surface area (Å²) in [4.78, 5) is 2.36. The Hall–Kier alpha value is -4.22. The summed E-state index contributed by atoms with van der Waals surface area (Å²) in [5.74, 6) is 0.762. The first-order valence-electron chi connectivity index (χ1n) is 15.1. The third-order valence-corrected chi connectivity index (χ3v) is 8.66. The normalized spacial score (nSPS) is 19.2. The number of methoxy groups -OCH3 is 1. The molecule has 43 heavy (non-hydrogen) atoms. The molecule has 4 nitrogen and oxygen atoms in total. The third-order valence-electron chi connectivity index (χ3n) is 8.66. The smallest absolute Gasteiger partial charge is 0.143 e. The Morgan fingerprint density at radius 3 is 1.63 bits per heavy atom. The highest BCUT2D eigenvalue weighted by atomic mass is 16.5. The Bertz CT molecular complexity index is 1450. The van der Waals surface area contributed by atoms with E-state index in [0.717, 1.165) is 41.1 Å². The number of aliphatic hydroxyl groups excluding tert-OH is 1. The fourth-order valence-corrected chi connectivity index (χ4v) is 6.66. The van der Waals surface area contributed by atoms with Crippen molar-refractivity contribution in [3.63, 3.8) is 0 Å². The lowest BCUT2D eigenvalue weighted by atomic mass is 9.77. The van der Waals surface area contributed by atoms with E-state index in [2.05, 4.69) is 114 Å². The summed E-state index contributed by atoms with van der Waals surface area (Å²) in [6.07, 6.45) is -0.543. The van der Waals surface area contributed by atoms with Gasteiger partial charge in [-0.15, -0.1) is 0 Å². The quantitative estimate of drug-likeness (QED) is 0.180. The Kier molecular flexibility index (Phi) is 8.99. The van der Waals surface area contributed by atoms with Crippen LogP contribution < -0.4 is 4.74 Å². The van der Waals surface area contributed by atoms with E-state index >= 15 is 0 Å². The zero-order valence-corrected chi connectivity index (χ0v) is 24.6. The average Bonchev–Trinajstić information content (AvgIpc) is 3.07. The molecule has 4 heteroatoms. The Morgan fingerprint density at radius 2 is 1.14 bits per heavy atom. The highest BCUT2D eigenvalue weighted by molar-refractivity contribution is 5.47. The van der Waals surface area contributed by atoms with Crippen LogP contribution in [0.15, 0.2) is 146 Å². The van der Waals surface area contributed by atoms with Crippen LogP contribution >= 0.6 is 0 Å². The molecule has 0 amide bonds. The molecular weight excluding hydrogens is 530 g/mol. The molecule has 5 aromatic carbocycles. The zero-order chi connectivity index (χ0) is 29.5. The minimum Gasteiger partial charge on any atom is -0.497 e. The van der Waals surface area contributed by atoms with E-state index < -0.39 is 11.7 Å². The number of hydrogen-bond donors (Lipinski definition) is 1. The highest BCUT2D eigenvalue weighted by Gasteiger charge is 2.42. The fraction of sp³-hybridized carbons (Fsp3) is 0.231. The van der Waals surface area contributed by atoms with Crippen LogP contribution in [0.1, 0.15) is 33.7 Å². The number of rotatable bonds is 10. The van der Waals surface area contributed by atoms with Crippen LogP contribution in [0.2, 0.25) is 0 Å². The summed E-state index contributed by atoms with van der Waals surface area (Å²) in [5.41, 5.74) is 4.75. The second-order valence-corrected chi connectivity index (χ2v) is 11.4. The summed E-state index contributed by atoms with van der Waals surface area (Å²) in [6.45, 7) is 2.64. The molecule has 1 aliphatic rings. The number of hydrogen-bond acceptors (Lipinski definition) is 4. The van der Waals surface area contributed by atoms with Gasteiger partial charge in [0.2, 0.25) is 0 Å². The van der Waals surface area contributed by atoms with Crippen molar-refractivity contribution >= 4 is 0 Å². The van der Waals surface area contributed by atoms with Gasteiger partial charge >= 0.3 is 0 Å². The molecule has 1 saturated heterocycles. The van der Waals surface area contributed by atoms with Gasteiger partial charge in [0.05, 0.1) is 19.8 Å². The number of benzene rings is 5. The van der Waals surface area contributed by atoms with Crippen LogP contribution in [0.25, 0.3) is 0 Å². The second-order valence-electron chi connectivity index (χ2n) is 11.4. The lowest BCUT2D eigenvalue weighted by Crippen LogP contribution is -2.50. The fourth-order valence-electron chi connectivity index (χ4n) is 6.66. The van der Waals surface area contributed by atoms with Crippen LogP contribution in [0.3, 0.4) is 0 Å². The predicted molar refractivity (Wildman–Crippen MR) is 172 cm³/mol. The molecule has 1 aliphatic heterocycles. The third kappa shape index (κ3) is 6.28. The number of likely N-dealkylation sites (tertiary alicyclic amines) is 1. The van der Waals surface area contributed by atoms with Gasteiger partial charge in [-0.25, -0.2) is 0 Å². The van der Waals surface area contributed by atoms with Gasteiger partial charge in [0, 0.05) is 31.5 Å². The maximum absolute atomic E-state index is 11.7. The second kappa shape index (κ2) is 13.4. The first-order valence-corrected chi connectivity index (χ1v) is 15.1. The van der Waals surface area contributed by atoms with Crippen LogP contribution in [-0.4, -0.2) is 42.9 Å². The summed E-state index contributed by atoms with van der Waals surface area (Å²) in [6, 6.07) is 50.1. The van der Waals surface area contributed by atoms with Gasteiger partial charge < -0.3 is 14.6 Å². The van der Waals surface area contributed by atoms with E-state index in [1.807, 2.05) is 36.4 Å². The summed E-state index contributed by atoms with van der Waals surface area (Å²) in [7, 11) is 1.68. The standard InChI is InChI=1S/C39H39NO3/c1-42-36-24-22-31(23-25-36)38-32(27-40(28-37(38)41)26-30-14-6-2-7-15-30)29-43-39(33-16-8-3-9-17-33,34-18-10-4-11-19-34)35-20-12-5-13-21-35/h2-25,32,37-38,41H,26-29H2,1H3/t32-,37-,38-/m1/s1. The van der Waals surface area contributed by atoms with E-state index in [4.69, 9.17) is 9.47 Å². The molecule has 3 atom stereocenters. The Labute approximate surface area is 255 Å². The molecule has 5 aromatic rings. The van der Waals surface area contributed by atoms with E-state index in [1.165, 1.54) is 5.56 Å². The van der Waals surface area contributed by atoms with Crippen molar-refractivity contribution in [3.8, 4) is 5.75 Å². The molecule has 218 valence electrons. The molecule has 0 saturated carbocycles. The van der Waals surface area contributed by atoms with Crippen LogP contribution in [-0.2, 0) is 16.9 Å². The molecule has 0 unspecified atom stereocenters. The van der Waals surface area contributed by atoms with Crippen molar-refractivity contribution in [2.45, 2.75) is 24.2 Å². The van der Waals surface area contributed by atoms with E-state index in [9.17, 15) is 5.11 Å². The van der Waals surface area contributed by atoms with E-state index in [0.29, 0.717) is 13.2 Å². The summed E-state index contributed by atoms with van der Waals surface area (Å²) >= 11 is 0.